The van der Waals surface area contributed by atoms with Crippen LogP contribution >= 0.6 is 0 Å². The summed E-state index contributed by atoms with van der Waals surface area (Å²) in [5, 5.41) is 4.49. The number of allylic oxidation sites excluding steroid dienone is 1. The molecule has 1 atom stereocenters. The zero-order chi connectivity index (χ0) is 18.0. The SMILES string of the molecule is CCC(C)n1cc(C2=CCCc3ccc(C(=O)N=C(N)N)cc32)cn1. The van der Waals surface area contributed by atoms with Gasteiger partial charge < -0.3 is 11.5 Å². The van der Waals surface area contributed by atoms with Crippen LogP contribution < -0.4 is 11.5 Å². The maximum atomic E-state index is 12.1. The molecule has 0 radical (unpaired) electrons. The Balaban J connectivity index is 1.99. The van der Waals surface area contributed by atoms with Crippen LogP contribution in [0.5, 0.6) is 0 Å². The molecule has 2 aromatic rings. The number of hydrogen-bond acceptors (Lipinski definition) is 2. The lowest BCUT2D eigenvalue weighted by Crippen LogP contribution is -2.24. The van der Waals surface area contributed by atoms with E-state index in [-0.39, 0.29) is 5.96 Å². The minimum Gasteiger partial charge on any atom is -0.370 e. The first-order valence-electron chi connectivity index (χ1n) is 8.51. The Morgan fingerprint density at radius 1 is 1.40 bits per heavy atom. The predicted molar refractivity (Wildman–Crippen MR) is 99.2 cm³/mol. The highest BCUT2D eigenvalue weighted by atomic mass is 16.1. The van der Waals surface area contributed by atoms with Crippen molar-refractivity contribution in [1.82, 2.24) is 9.78 Å². The number of rotatable bonds is 4. The normalized spacial score (nSPS) is 14.4. The van der Waals surface area contributed by atoms with Crippen LogP contribution in [0.15, 0.2) is 41.7 Å². The quantitative estimate of drug-likeness (QED) is 0.662. The molecule has 0 saturated heterocycles. The largest absolute Gasteiger partial charge is 0.370 e. The van der Waals surface area contributed by atoms with Crippen LogP contribution in [0, 0.1) is 0 Å². The van der Waals surface area contributed by atoms with E-state index in [4.69, 9.17) is 11.5 Å². The topological polar surface area (TPSA) is 99.3 Å². The monoisotopic (exact) mass is 337 g/mol. The molecule has 1 aliphatic carbocycles. The third-order valence-corrected chi connectivity index (χ3v) is 4.59. The molecule has 130 valence electrons. The number of aryl methyl sites for hydroxylation is 1. The lowest BCUT2D eigenvalue weighted by atomic mass is 9.87. The van der Waals surface area contributed by atoms with Crippen LogP contribution in [0.3, 0.4) is 0 Å². The molecular formula is C19H23N5O. The van der Waals surface area contributed by atoms with Gasteiger partial charge in [0.05, 0.1) is 6.20 Å². The zero-order valence-corrected chi connectivity index (χ0v) is 14.6. The highest BCUT2D eigenvalue weighted by Crippen LogP contribution is 2.32. The molecule has 3 rings (SSSR count). The second-order valence-electron chi connectivity index (χ2n) is 6.34. The highest BCUT2D eigenvalue weighted by molar-refractivity contribution is 6.02. The molecule has 0 aliphatic heterocycles. The second kappa shape index (κ2) is 6.93. The van der Waals surface area contributed by atoms with Crippen molar-refractivity contribution in [2.45, 2.75) is 39.2 Å². The van der Waals surface area contributed by atoms with Gasteiger partial charge in [-0.1, -0.05) is 19.1 Å². The number of aliphatic imine (C=N–C) groups is 1. The predicted octanol–water partition coefficient (Wildman–Crippen LogP) is 2.65. The molecule has 1 heterocycles. The number of carbonyl (C=O) groups is 1. The smallest absolute Gasteiger partial charge is 0.280 e. The van der Waals surface area contributed by atoms with Gasteiger partial charge in [0.15, 0.2) is 5.96 Å². The summed E-state index contributed by atoms with van der Waals surface area (Å²) in [6, 6.07) is 5.98. The molecule has 1 aliphatic rings. The first-order chi connectivity index (χ1) is 12.0. The molecule has 1 aromatic carbocycles. The number of nitrogens with zero attached hydrogens (tertiary/aromatic N) is 3. The van der Waals surface area contributed by atoms with E-state index in [2.05, 4.69) is 36.2 Å². The van der Waals surface area contributed by atoms with Gasteiger partial charge in [-0.3, -0.25) is 9.48 Å². The fourth-order valence-electron chi connectivity index (χ4n) is 3.02. The van der Waals surface area contributed by atoms with Gasteiger partial charge in [-0.15, -0.1) is 0 Å². The lowest BCUT2D eigenvalue weighted by Gasteiger charge is -2.18. The Hall–Kier alpha value is -2.89. The van der Waals surface area contributed by atoms with Gasteiger partial charge in [-0.25, -0.2) is 0 Å². The minimum atomic E-state index is -0.428. The fraction of sp³-hybridized carbons (Fsp3) is 0.316. The maximum Gasteiger partial charge on any atom is 0.280 e. The van der Waals surface area contributed by atoms with Gasteiger partial charge in [-0.05, 0) is 55.0 Å². The summed E-state index contributed by atoms with van der Waals surface area (Å²) in [5.41, 5.74) is 15.5. The molecule has 0 fully saturated rings. The summed E-state index contributed by atoms with van der Waals surface area (Å²) in [7, 11) is 0. The van der Waals surface area contributed by atoms with E-state index in [0.717, 1.165) is 36.0 Å². The van der Waals surface area contributed by atoms with Crippen LogP contribution in [0.1, 0.15) is 59.8 Å². The number of fused-ring (bicyclic) bond motifs is 1. The summed E-state index contributed by atoms with van der Waals surface area (Å²) >= 11 is 0. The summed E-state index contributed by atoms with van der Waals surface area (Å²) in [4.78, 5) is 15.8. The zero-order valence-electron chi connectivity index (χ0n) is 14.6. The summed E-state index contributed by atoms with van der Waals surface area (Å²) < 4.78 is 1.98. The van der Waals surface area contributed by atoms with Crippen molar-refractivity contribution >= 4 is 17.4 Å². The van der Waals surface area contributed by atoms with E-state index in [1.54, 1.807) is 6.07 Å². The van der Waals surface area contributed by atoms with Gasteiger partial charge in [-0.2, -0.15) is 10.1 Å². The molecule has 0 saturated carbocycles. The summed E-state index contributed by atoms with van der Waals surface area (Å²) in [6.45, 7) is 4.29. The van der Waals surface area contributed by atoms with Crippen LogP contribution in [0.2, 0.25) is 0 Å². The standard InChI is InChI=1S/C19H23N5O/c1-3-12(2)24-11-15(10-22-24)16-6-4-5-13-7-8-14(9-17(13)16)18(25)23-19(20)21/h6-12H,3-5H2,1-2H3,(H4,20,21,23,25). The van der Waals surface area contributed by atoms with Gasteiger partial charge >= 0.3 is 0 Å². The van der Waals surface area contributed by atoms with Gasteiger partial charge in [0, 0.05) is 23.4 Å². The van der Waals surface area contributed by atoms with Crippen molar-refractivity contribution in [3.05, 3.63) is 58.9 Å². The number of aromatic nitrogens is 2. The average molecular weight is 337 g/mol. The van der Waals surface area contributed by atoms with Crippen LogP contribution in [-0.2, 0) is 6.42 Å². The average Bonchev–Trinajstić information content (AvgIpc) is 3.09. The molecule has 0 spiro atoms. The molecule has 4 N–H and O–H groups in total. The van der Waals surface area contributed by atoms with E-state index in [1.165, 1.54) is 5.56 Å². The van der Waals surface area contributed by atoms with E-state index >= 15 is 0 Å². The van der Waals surface area contributed by atoms with E-state index in [9.17, 15) is 4.79 Å². The Bertz CT molecular complexity index is 858. The lowest BCUT2D eigenvalue weighted by molar-refractivity contribution is 0.100. The minimum absolute atomic E-state index is 0.228. The first-order valence-corrected chi connectivity index (χ1v) is 8.51. The molecule has 6 nitrogen and oxygen atoms in total. The van der Waals surface area contributed by atoms with E-state index in [0.29, 0.717) is 11.6 Å². The Morgan fingerprint density at radius 2 is 2.20 bits per heavy atom. The summed E-state index contributed by atoms with van der Waals surface area (Å²) in [5.74, 6) is -0.656. The molecule has 1 aromatic heterocycles. The third kappa shape index (κ3) is 3.47. The second-order valence-corrected chi connectivity index (χ2v) is 6.34. The summed E-state index contributed by atoms with van der Waals surface area (Å²) in [6.07, 6.45) is 9.10. The number of carbonyl (C=O) groups excluding carboxylic acids is 1. The van der Waals surface area contributed by atoms with Gasteiger partial charge in [0.25, 0.3) is 5.91 Å². The van der Waals surface area contributed by atoms with Crippen LogP contribution in [0.25, 0.3) is 5.57 Å². The Kier molecular flexibility index (Phi) is 4.70. The number of guanidine groups is 1. The van der Waals surface area contributed by atoms with Gasteiger partial charge in [0.1, 0.15) is 0 Å². The molecule has 25 heavy (non-hydrogen) atoms. The number of hydrogen-bond donors (Lipinski definition) is 2. The number of benzene rings is 1. The number of nitrogens with two attached hydrogens (primary N) is 2. The van der Waals surface area contributed by atoms with Crippen molar-refractivity contribution in [2.75, 3.05) is 0 Å². The Labute approximate surface area is 147 Å². The first kappa shape index (κ1) is 17.0. The fourth-order valence-corrected chi connectivity index (χ4v) is 3.02. The van der Waals surface area contributed by atoms with Crippen molar-refractivity contribution in [2.24, 2.45) is 16.5 Å². The molecular weight excluding hydrogens is 314 g/mol. The van der Waals surface area contributed by atoms with Crippen molar-refractivity contribution in [3.63, 3.8) is 0 Å². The van der Waals surface area contributed by atoms with Crippen molar-refractivity contribution in [3.8, 4) is 0 Å². The number of amides is 1. The van der Waals surface area contributed by atoms with E-state index in [1.807, 2.05) is 23.0 Å². The van der Waals surface area contributed by atoms with Gasteiger partial charge in [0.2, 0.25) is 0 Å². The van der Waals surface area contributed by atoms with Crippen LogP contribution in [-0.4, -0.2) is 21.6 Å². The Morgan fingerprint density at radius 3 is 2.92 bits per heavy atom. The highest BCUT2D eigenvalue weighted by Gasteiger charge is 2.18. The third-order valence-electron chi connectivity index (χ3n) is 4.59. The molecule has 0 bridgehead atoms. The molecule has 6 heteroatoms. The van der Waals surface area contributed by atoms with E-state index < -0.39 is 5.91 Å². The van der Waals surface area contributed by atoms with Crippen molar-refractivity contribution in [1.29, 1.82) is 0 Å². The molecule has 1 amide bonds. The molecule has 1 unspecified atom stereocenters. The van der Waals surface area contributed by atoms with Crippen LogP contribution in [0.4, 0.5) is 0 Å². The maximum absolute atomic E-state index is 12.1. The van der Waals surface area contributed by atoms with Crippen molar-refractivity contribution < 1.29 is 4.79 Å².